The number of rotatable bonds is 6. The summed E-state index contributed by atoms with van der Waals surface area (Å²) in [6.45, 7) is 3.96. The molecule has 134 valence electrons. The van der Waals surface area contributed by atoms with Gasteiger partial charge in [-0.05, 0) is 44.2 Å². The fourth-order valence-corrected chi connectivity index (χ4v) is 2.62. The third-order valence-electron chi connectivity index (χ3n) is 3.37. The molecule has 0 spiro atoms. The van der Waals surface area contributed by atoms with Gasteiger partial charge >= 0.3 is 0 Å². The van der Waals surface area contributed by atoms with Crippen LogP contribution >= 0.6 is 23.2 Å². The second-order valence-corrected chi connectivity index (χ2v) is 6.56. The first-order valence-corrected chi connectivity index (χ1v) is 8.85. The van der Waals surface area contributed by atoms with Crippen LogP contribution in [0.15, 0.2) is 54.7 Å². The van der Waals surface area contributed by atoms with Crippen LogP contribution in [0.4, 0.5) is 23.1 Å². The van der Waals surface area contributed by atoms with Crippen molar-refractivity contribution in [2.24, 2.45) is 0 Å². The zero-order chi connectivity index (χ0) is 18.5. The van der Waals surface area contributed by atoms with E-state index in [0.29, 0.717) is 27.5 Å². The van der Waals surface area contributed by atoms with Crippen LogP contribution in [0.5, 0.6) is 5.75 Å². The number of hydrogen-bond acceptors (Lipinski definition) is 5. The number of benzene rings is 2. The minimum atomic E-state index is 0.0665. The molecule has 0 amide bonds. The first-order valence-electron chi connectivity index (χ1n) is 8.09. The van der Waals surface area contributed by atoms with Crippen molar-refractivity contribution in [2.45, 2.75) is 20.0 Å². The van der Waals surface area contributed by atoms with Gasteiger partial charge < -0.3 is 15.4 Å². The lowest BCUT2D eigenvalue weighted by atomic mass is 10.3. The fourth-order valence-electron chi connectivity index (χ4n) is 2.27. The molecule has 2 N–H and O–H groups in total. The van der Waals surface area contributed by atoms with Crippen LogP contribution in [0.1, 0.15) is 13.8 Å². The highest BCUT2D eigenvalue weighted by molar-refractivity contribution is 6.43. The molecule has 0 unspecified atom stereocenters. The molecule has 0 saturated heterocycles. The highest BCUT2D eigenvalue weighted by Gasteiger charge is 2.09. The van der Waals surface area contributed by atoms with Crippen molar-refractivity contribution < 1.29 is 4.74 Å². The zero-order valence-corrected chi connectivity index (χ0v) is 15.8. The van der Waals surface area contributed by atoms with Crippen molar-refractivity contribution >= 4 is 46.3 Å². The summed E-state index contributed by atoms with van der Waals surface area (Å²) in [5.74, 6) is 1.77. The number of ether oxygens (including phenoxy) is 1. The van der Waals surface area contributed by atoms with E-state index in [9.17, 15) is 0 Å². The quantitative estimate of drug-likeness (QED) is 0.537. The van der Waals surface area contributed by atoms with E-state index in [-0.39, 0.29) is 6.10 Å². The van der Waals surface area contributed by atoms with Gasteiger partial charge in [0.2, 0.25) is 5.95 Å². The van der Waals surface area contributed by atoms with Gasteiger partial charge in [0.15, 0.2) is 0 Å². The van der Waals surface area contributed by atoms with Crippen LogP contribution in [-0.4, -0.2) is 16.1 Å². The van der Waals surface area contributed by atoms with Gasteiger partial charge in [0, 0.05) is 6.20 Å². The Bertz CT molecular complexity index is 902. The van der Waals surface area contributed by atoms with E-state index in [0.717, 1.165) is 11.4 Å². The molecule has 1 heterocycles. The molecule has 0 bridgehead atoms. The Hall–Kier alpha value is -2.50. The molecule has 0 aliphatic heterocycles. The van der Waals surface area contributed by atoms with Crippen LogP contribution in [0.2, 0.25) is 10.0 Å². The van der Waals surface area contributed by atoms with E-state index in [1.807, 2.05) is 50.2 Å². The number of aromatic nitrogens is 2. The predicted octanol–water partition coefficient (Wildman–Crippen LogP) is 6.06. The maximum Gasteiger partial charge on any atom is 0.229 e. The zero-order valence-electron chi connectivity index (χ0n) is 14.3. The topological polar surface area (TPSA) is 59.1 Å². The van der Waals surface area contributed by atoms with Crippen molar-refractivity contribution in [1.29, 1.82) is 0 Å². The van der Waals surface area contributed by atoms with Gasteiger partial charge in [0.05, 0.1) is 27.5 Å². The van der Waals surface area contributed by atoms with E-state index >= 15 is 0 Å². The lowest BCUT2D eigenvalue weighted by molar-refractivity contribution is 0.244. The van der Waals surface area contributed by atoms with E-state index in [2.05, 4.69) is 20.6 Å². The van der Waals surface area contributed by atoms with Gasteiger partial charge in [-0.1, -0.05) is 41.4 Å². The smallest absolute Gasteiger partial charge is 0.229 e. The van der Waals surface area contributed by atoms with E-state index in [1.54, 1.807) is 18.3 Å². The summed E-state index contributed by atoms with van der Waals surface area (Å²) in [6.07, 6.45) is 1.72. The molecule has 3 rings (SSSR count). The number of halogens is 2. The van der Waals surface area contributed by atoms with Gasteiger partial charge in [-0.15, -0.1) is 0 Å². The fraction of sp³-hybridized carbons (Fsp3) is 0.158. The maximum absolute atomic E-state index is 6.21. The van der Waals surface area contributed by atoms with Gasteiger partial charge in [-0.3, -0.25) is 0 Å². The predicted molar refractivity (Wildman–Crippen MR) is 107 cm³/mol. The molecule has 0 aliphatic rings. The lowest BCUT2D eigenvalue weighted by Crippen LogP contribution is -2.08. The third-order valence-corrected chi connectivity index (χ3v) is 4.19. The summed E-state index contributed by atoms with van der Waals surface area (Å²) in [7, 11) is 0. The molecule has 5 nitrogen and oxygen atoms in total. The largest absolute Gasteiger partial charge is 0.489 e. The third kappa shape index (κ3) is 4.56. The van der Waals surface area contributed by atoms with Crippen LogP contribution in [0.25, 0.3) is 0 Å². The monoisotopic (exact) mass is 388 g/mol. The minimum absolute atomic E-state index is 0.0665. The summed E-state index contributed by atoms with van der Waals surface area (Å²) < 4.78 is 5.81. The van der Waals surface area contributed by atoms with Gasteiger partial charge in [-0.2, -0.15) is 4.98 Å². The average molecular weight is 389 g/mol. The highest BCUT2D eigenvalue weighted by atomic mass is 35.5. The Balaban J connectivity index is 1.81. The first kappa shape index (κ1) is 18.3. The molecule has 2 aromatic carbocycles. The molecular formula is C19H18Cl2N4O. The second-order valence-electron chi connectivity index (χ2n) is 5.78. The van der Waals surface area contributed by atoms with Crippen LogP contribution in [0.3, 0.4) is 0 Å². The molecule has 0 aliphatic carbocycles. The summed E-state index contributed by atoms with van der Waals surface area (Å²) in [4.78, 5) is 8.72. The molecule has 0 radical (unpaired) electrons. The van der Waals surface area contributed by atoms with Gasteiger partial charge in [0.1, 0.15) is 11.6 Å². The van der Waals surface area contributed by atoms with Crippen molar-refractivity contribution in [3.8, 4) is 5.75 Å². The standard InChI is InChI=1S/C19H18Cl2N4O/c1-12(2)26-16-9-4-3-7-14(16)24-19-22-11-10-17(25-19)23-15-8-5-6-13(20)18(15)21/h3-12H,1-2H3,(H2,22,23,24,25). The van der Waals surface area contributed by atoms with Crippen LogP contribution in [0, 0.1) is 0 Å². The molecule has 0 saturated carbocycles. The number of nitrogens with one attached hydrogen (secondary N) is 2. The average Bonchev–Trinajstić information content (AvgIpc) is 2.61. The normalized spacial score (nSPS) is 10.7. The van der Waals surface area contributed by atoms with E-state index < -0.39 is 0 Å². The second kappa shape index (κ2) is 8.25. The Labute approximate surface area is 162 Å². The highest BCUT2D eigenvalue weighted by Crippen LogP contribution is 2.32. The summed E-state index contributed by atoms with van der Waals surface area (Å²) in [6, 6.07) is 14.8. The minimum Gasteiger partial charge on any atom is -0.489 e. The number of nitrogens with zero attached hydrogens (tertiary/aromatic N) is 2. The maximum atomic E-state index is 6.21. The number of anilines is 4. The summed E-state index contributed by atoms with van der Waals surface area (Å²) in [5, 5.41) is 7.25. The van der Waals surface area contributed by atoms with Crippen LogP contribution in [-0.2, 0) is 0 Å². The van der Waals surface area contributed by atoms with Gasteiger partial charge in [0.25, 0.3) is 0 Å². The lowest BCUT2D eigenvalue weighted by Gasteiger charge is -2.15. The Kier molecular flexibility index (Phi) is 5.81. The first-order chi connectivity index (χ1) is 12.5. The number of para-hydroxylation sites is 2. The molecule has 0 atom stereocenters. The summed E-state index contributed by atoms with van der Waals surface area (Å²) >= 11 is 12.3. The van der Waals surface area contributed by atoms with E-state index in [4.69, 9.17) is 27.9 Å². The summed E-state index contributed by atoms with van der Waals surface area (Å²) in [5.41, 5.74) is 1.46. The van der Waals surface area contributed by atoms with Gasteiger partial charge in [-0.25, -0.2) is 4.98 Å². The van der Waals surface area contributed by atoms with Crippen molar-refractivity contribution in [1.82, 2.24) is 9.97 Å². The molecule has 0 fully saturated rings. The Morgan fingerprint density at radius 2 is 1.69 bits per heavy atom. The molecule has 26 heavy (non-hydrogen) atoms. The molecular weight excluding hydrogens is 371 g/mol. The Morgan fingerprint density at radius 3 is 2.50 bits per heavy atom. The van der Waals surface area contributed by atoms with Crippen molar-refractivity contribution in [3.05, 3.63) is 64.8 Å². The Morgan fingerprint density at radius 1 is 0.923 bits per heavy atom. The van der Waals surface area contributed by atoms with Crippen molar-refractivity contribution in [2.75, 3.05) is 10.6 Å². The molecule has 7 heteroatoms. The number of hydrogen-bond donors (Lipinski definition) is 2. The van der Waals surface area contributed by atoms with Crippen molar-refractivity contribution in [3.63, 3.8) is 0 Å². The molecule has 1 aromatic heterocycles. The van der Waals surface area contributed by atoms with Crippen LogP contribution < -0.4 is 15.4 Å². The van der Waals surface area contributed by atoms with E-state index in [1.165, 1.54) is 0 Å². The molecule has 3 aromatic rings. The SMILES string of the molecule is CC(C)Oc1ccccc1Nc1nccc(Nc2cccc(Cl)c2Cl)n1.